The molecule has 2 atom stereocenters. The molecule has 0 bridgehead atoms. The highest BCUT2D eigenvalue weighted by atomic mass is 35.5. The van der Waals surface area contributed by atoms with E-state index in [2.05, 4.69) is 0 Å². The van der Waals surface area contributed by atoms with Crippen molar-refractivity contribution in [3.8, 4) is 0 Å². The molecule has 0 aromatic heterocycles. The summed E-state index contributed by atoms with van der Waals surface area (Å²) in [6.07, 6.45) is -0.172. The fourth-order valence-corrected chi connectivity index (χ4v) is 3.74. The molecule has 1 aromatic rings. The first-order valence-corrected chi connectivity index (χ1v) is 7.77. The Morgan fingerprint density at radius 2 is 2.16 bits per heavy atom. The summed E-state index contributed by atoms with van der Waals surface area (Å²) in [6, 6.07) is 3.45. The van der Waals surface area contributed by atoms with E-state index in [-0.39, 0.29) is 24.0 Å². The average Bonchev–Trinajstić information content (AvgIpc) is 2.32. The number of hydrogen-bond donors (Lipinski definition) is 1. The summed E-state index contributed by atoms with van der Waals surface area (Å²) in [5.74, 6) is -0.831. The lowest BCUT2D eigenvalue weighted by atomic mass is 9.98. The third-order valence-electron chi connectivity index (χ3n) is 3.39. The molecule has 7 heteroatoms. The molecular formula is C12H15ClFNO3S. The summed E-state index contributed by atoms with van der Waals surface area (Å²) in [5.41, 5.74) is 0. The minimum atomic E-state index is -3.93. The number of sulfonamides is 1. The molecule has 1 N–H and O–H groups in total. The van der Waals surface area contributed by atoms with Gasteiger partial charge in [-0.3, -0.25) is 0 Å². The Bertz CT molecular complexity index is 578. The Morgan fingerprint density at radius 1 is 1.47 bits per heavy atom. The Balaban J connectivity index is 2.32. The first-order valence-electron chi connectivity index (χ1n) is 5.95. The molecule has 1 aliphatic rings. The van der Waals surface area contributed by atoms with Crippen LogP contribution >= 0.6 is 11.6 Å². The number of hydrogen-bond acceptors (Lipinski definition) is 3. The zero-order valence-corrected chi connectivity index (χ0v) is 12.0. The normalized spacial score (nSPS) is 25.5. The highest BCUT2D eigenvalue weighted by Crippen LogP contribution is 2.26. The van der Waals surface area contributed by atoms with Crippen LogP contribution in [0.25, 0.3) is 0 Å². The molecule has 0 spiro atoms. The highest BCUT2D eigenvalue weighted by molar-refractivity contribution is 7.89. The maximum atomic E-state index is 13.7. The minimum absolute atomic E-state index is 0.00837. The first kappa shape index (κ1) is 14.7. The van der Waals surface area contributed by atoms with Crippen molar-refractivity contribution in [3.05, 3.63) is 29.0 Å². The molecule has 1 heterocycles. The third-order valence-corrected chi connectivity index (χ3v) is 5.53. The number of halogens is 2. The second-order valence-electron chi connectivity index (χ2n) is 4.77. The SMILES string of the molecule is CC1CCN(S(=O)(=O)c2ccc(Cl)cc2F)CC1O. The monoisotopic (exact) mass is 307 g/mol. The van der Waals surface area contributed by atoms with Gasteiger partial charge < -0.3 is 5.11 Å². The van der Waals surface area contributed by atoms with E-state index in [0.29, 0.717) is 6.42 Å². The quantitative estimate of drug-likeness (QED) is 0.907. The molecule has 106 valence electrons. The maximum absolute atomic E-state index is 13.7. The van der Waals surface area contributed by atoms with Gasteiger partial charge in [0.15, 0.2) is 0 Å². The Labute approximate surface area is 116 Å². The fraction of sp³-hybridized carbons (Fsp3) is 0.500. The van der Waals surface area contributed by atoms with Crippen LogP contribution in [0.3, 0.4) is 0 Å². The zero-order valence-electron chi connectivity index (χ0n) is 10.4. The second-order valence-corrected chi connectivity index (χ2v) is 7.11. The van der Waals surface area contributed by atoms with Crippen LogP contribution in [0.4, 0.5) is 4.39 Å². The number of piperidine rings is 1. The summed E-state index contributed by atoms with van der Waals surface area (Å²) in [7, 11) is -3.93. The minimum Gasteiger partial charge on any atom is -0.391 e. The number of benzene rings is 1. The van der Waals surface area contributed by atoms with Gasteiger partial charge in [0.05, 0.1) is 6.10 Å². The van der Waals surface area contributed by atoms with Gasteiger partial charge in [0, 0.05) is 18.1 Å². The molecule has 1 fully saturated rings. The van der Waals surface area contributed by atoms with E-state index >= 15 is 0 Å². The Morgan fingerprint density at radius 3 is 2.74 bits per heavy atom. The molecule has 1 aliphatic heterocycles. The van der Waals surface area contributed by atoms with Crippen molar-refractivity contribution in [1.29, 1.82) is 0 Å². The van der Waals surface area contributed by atoms with E-state index in [1.807, 2.05) is 6.92 Å². The van der Waals surface area contributed by atoms with Crippen LogP contribution in [0.1, 0.15) is 13.3 Å². The smallest absolute Gasteiger partial charge is 0.246 e. The van der Waals surface area contributed by atoms with E-state index in [1.165, 1.54) is 6.07 Å². The van der Waals surface area contributed by atoms with Crippen molar-refractivity contribution >= 4 is 21.6 Å². The van der Waals surface area contributed by atoms with Crippen LogP contribution in [0.2, 0.25) is 5.02 Å². The van der Waals surface area contributed by atoms with Gasteiger partial charge in [-0.1, -0.05) is 18.5 Å². The van der Waals surface area contributed by atoms with Gasteiger partial charge in [-0.2, -0.15) is 4.31 Å². The van der Waals surface area contributed by atoms with E-state index < -0.39 is 26.8 Å². The molecule has 0 aliphatic carbocycles. The summed E-state index contributed by atoms with van der Waals surface area (Å²) < 4.78 is 39.4. The van der Waals surface area contributed by atoms with Gasteiger partial charge in [0.2, 0.25) is 10.0 Å². The van der Waals surface area contributed by atoms with E-state index in [9.17, 15) is 17.9 Å². The molecule has 1 aromatic carbocycles. The topological polar surface area (TPSA) is 57.6 Å². The van der Waals surface area contributed by atoms with Crippen LogP contribution in [0.5, 0.6) is 0 Å². The summed E-state index contributed by atoms with van der Waals surface area (Å²) in [6.45, 7) is 2.13. The molecular weight excluding hydrogens is 293 g/mol. The zero-order chi connectivity index (χ0) is 14.2. The van der Waals surface area contributed by atoms with Crippen LogP contribution in [-0.4, -0.2) is 37.0 Å². The number of nitrogens with zero attached hydrogens (tertiary/aromatic N) is 1. The molecule has 1 saturated heterocycles. The molecule has 0 radical (unpaired) electrons. The number of aliphatic hydroxyl groups excluding tert-OH is 1. The van der Waals surface area contributed by atoms with Gasteiger partial charge in [0.1, 0.15) is 10.7 Å². The van der Waals surface area contributed by atoms with E-state index in [1.54, 1.807) is 0 Å². The van der Waals surface area contributed by atoms with Crippen molar-refractivity contribution < 1.29 is 17.9 Å². The Kier molecular flexibility index (Phi) is 4.15. The lowest BCUT2D eigenvalue weighted by Crippen LogP contribution is -2.45. The highest BCUT2D eigenvalue weighted by Gasteiger charge is 2.34. The van der Waals surface area contributed by atoms with Gasteiger partial charge >= 0.3 is 0 Å². The van der Waals surface area contributed by atoms with Crippen molar-refractivity contribution in [2.75, 3.05) is 13.1 Å². The molecule has 2 unspecified atom stereocenters. The average molecular weight is 308 g/mol. The molecule has 4 nitrogen and oxygen atoms in total. The summed E-state index contributed by atoms with van der Waals surface area (Å²) in [4.78, 5) is -0.404. The Hall–Kier alpha value is -0.690. The lowest BCUT2D eigenvalue weighted by molar-refractivity contribution is 0.0604. The predicted octanol–water partition coefficient (Wildman–Crippen LogP) is 1.87. The second kappa shape index (κ2) is 5.36. The first-order chi connectivity index (χ1) is 8.82. The van der Waals surface area contributed by atoms with Crippen LogP contribution in [-0.2, 0) is 10.0 Å². The predicted molar refractivity (Wildman–Crippen MR) is 70.0 cm³/mol. The largest absolute Gasteiger partial charge is 0.391 e. The molecule has 2 rings (SSSR count). The summed E-state index contributed by atoms with van der Waals surface area (Å²) >= 11 is 5.61. The molecule has 0 saturated carbocycles. The van der Waals surface area contributed by atoms with Crippen molar-refractivity contribution in [3.63, 3.8) is 0 Å². The van der Waals surface area contributed by atoms with E-state index in [4.69, 9.17) is 11.6 Å². The van der Waals surface area contributed by atoms with Crippen molar-refractivity contribution in [1.82, 2.24) is 4.31 Å². The van der Waals surface area contributed by atoms with Crippen LogP contribution < -0.4 is 0 Å². The molecule has 0 amide bonds. The van der Waals surface area contributed by atoms with Crippen LogP contribution in [0.15, 0.2) is 23.1 Å². The summed E-state index contributed by atoms with van der Waals surface area (Å²) in [5, 5.41) is 9.89. The van der Waals surface area contributed by atoms with Gasteiger partial charge in [0.25, 0.3) is 0 Å². The standard InChI is InChI=1S/C12H15ClFNO3S/c1-8-4-5-15(7-11(8)16)19(17,18)12-3-2-9(13)6-10(12)14/h2-3,6,8,11,16H,4-5,7H2,1H3. The lowest BCUT2D eigenvalue weighted by Gasteiger charge is -2.33. The van der Waals surface area contributed by atoms with Crippen LogP contribution in [0, 0.1) is 11.7 Å². The third kappa shape index (κ3) is 2.91. The number of aliphatic hydroxyl groups is 1. The number of β-amino-alcohol motifs (C(OH)–C–C–N with tert-alkyl or cyclic N) is 1. The number of rotatable bonds is 2. The van der Waals surface area contributed by atoms with E-state index in [0.717, 1.165) is 16.4 Å². The van der Waals surface area contributed by atoms with Crippen molar-refractivity contribution in [2.24, 2.45) is 5.92 Å². The van der Waals surface area contributed by atoms with Gasteiger partial charge in [-0.05, 0) is 30.5 Å². The van der Waals surface area contributed by atoms with Gasteiger partial charge in [-0.25, -0.2) is 12.8 Å². The van der Waals surface area contributed by atoms with Gasteiger partial charge in [-0.15, -0.1) is 0 Å². The molecule has 19 heavy (non-hydrogen) atoms. The fourth-order valence-electron chi connectivity index (χ4n) is 2.06. The van der Waals surface area contributed by atoms with Crippen molar-refractivity contribution in [2.45, 2.75) is 24.3 Å². The maximum Gasteiger partial charge on any atom is 0.246 e.